The van der Waals surface area contributed by atoms with E-state index in [1.165, 1.54) is 18.2 Å². The minimum atomic E-state index is -0.535. The largest absolute Gasteiger partial charge is 0.386 e. The van der Waals surface area contributed by atoms with Gasteiger partial charge in [-0.15, -0.1) is 11.6 Å². The Kier molecular flexibility index (Phi) is 3.88. The van der Waals surface area contributed by atoms with Gasteiger partial charge >= 0.3 is 0 Å². The Morgan fingerprint density at radius 3 is 2.80 bits per heavy atom. The molecule has 1 rings (SSSR count). The van der Waals surface area contributed by atoms with Crippen molar-refractivity contribution in [1.82, 2.24) is 0 Å². The number of hydrogen-bond donors (Lipinski definition) is 1. The highest BCUT2D eigenvalue weighted by molar-refractivity contribution is 6.33. The zero-order chi connectivity index (χ0) is 11.4. The number of benzene rings is 1. The molecule has 0 amide bonds. The predicted octanol–water partition coefficient (Wildman–Crippen LogP) is 2.48. The van der Waals surface area contributed by atoms with Gasteiger partial charge in [-0.05, 0) is 6.07 Å². The number of hydrogen-bond acceptors (Lipinski definition) is 3. The second kappa shape index (κ2) is 4.95. The molecule has 2 N–H and O–H groups in total. The predicted molar refractivity (Wildman–Crippen MR) is 60.1 cm³/mol. The first-order chi connectivity index (χ1) is 7.04. The topological polar surface area (TPSA) is 81.5 Å². The molecule has 7 heteroatoms. The van der Waals surface area contributed by atoms with E-state index in [1.807, 2.05) is 0 Å². The molecule has 0 aliphatic heterocycles. The summed E-state index contributed by atoms with van der Waals surface area (Å²) in [5.41, 5.74) is 5.53. The summed E-state index contributed by atoms with van der Waals surface area (Å²) in [4.78, 5) is 13.8. The van der Waals surface area contributed by atoms with Gasteiger partial charge in [0.2, 0.25) is 0 Å². The van der Waals surface area contributed by atoms with E-state index in [0.717, 1.165) is 0 Å². The number of nitrogens with zero attached hydrogens (tertiary/aromatic N) is 2. The summed E-state index contributed by atoms with van der Waals surface area (Å²) in [6, 6.07) is 3.92. The maximum absolute atomic E-state index is 10.5. The van der Waals surface area contributed by atoms with Crippen molar-refractivity contribution >= 4 is 40.4 Å². The van der Waals surface area contributed by atoms with E-state index in [9.17, 15) is 10.1 Å². The van der Waals surface area contributed by atoms with Gasteiger partial charge in [0, 0.05) is 12.1 Å². The van der Waals surface area contributed by atoms with Crippen LogP contribution in [-0.2, 0) is 0 Å². The monoisotopic (exact) mass is 247 g/mol. The lowest BCUT2D eigenvalue weighted by Crippen LogP contribution is -2.12. The molecule has 0 unspecified atom stereocenters. The molecule has 0 aliphatic rings. The lowest BCUT2D eigenvalue weighted by Gasteiger charge is -1.99. The van der Waals surface area contributed by atoms with Crippen LogP contribution in [0.5, 0.6) is 0 Å². The lowest BCUT2D eigenvalue weighted by molar-refractivity contribution is -0.384. The minimum absolute atomic E-state index is 0.0407. The van der Waals surface area contributed by atoms with E-state index in [0.29, 0.717) is 0 Å². The van der Waals surface area contributed by atoms with Crippen LogP contribution in [0.3, 0.4) is 0 Å². The van der Waals surface area contributed by atoms with Gasteiger partial charge in [-0.25, -0.2) is 4.99 Å². The quantitative estimate of drug-likeness (QED) is 0.293. The van der Waals surface area contributed by atoms with Gasteiger partial charge < -0.3 is 5.73 Å². The average Bonchev–Trinajstić information content (AvgIpc) is 2.20. The Labute approximate surface area is 95.7 Å². The van der Waals surface area contributed by atoms with E-state index in [-0.39, 0.29) is 28.1 Å². The fraction of sp³-hybridized carbons (Fsp3) is 0.125. The van der Waals surface area contributed by atoms with Gasteiger partial charge in [0.15, 0.2) is 0 Å². The highest BCUT2D eigenvalue weighted by atomic mass is 35.5. The maximum atomic E-state index is 10.5. The first kappa shape index (κ1) is 11.7. The van der Waals surface area contributed by atoms with Gasteiger partial charge in [0.25, 0.3) is 5.69 Å². The molecule has 0 heterocycles. The maximum Gasteiger partial charge on any atom is 0.271 e. The van der Waals surface area contributed by atoms with Crippen molar-refractivity contribution in [1.29, 1.82) is 0 Å². The van der Waals surface area contributed by atoms with E-state index in [4.69, 9.17) is 28.9 Å². The van der Waals surface area contributed by atoms with Crippen molar-refractivity contribution < 1.29 is 4.92 Å². The molecule has 0 atom stereocenters. The van der Waals surface area contributed by atoms with Crippen LogP contribution >= 0.6 is 23.2 Å². The molecular weight excluding hydrogens is 241 g/mol. The second-order valence-electron chi connectivity index (χ2n) is 2.63. The molecule has 0 saturated heterocycles. The Morgan fingerprint density at radius 2 is 2.27 bits per heavy atom. The van der Waals surface area contributed by atoms with Crippen molar-refractivity contribution in [3.05, 3.63) is 33.3 Å². The van der Waals surface area contributed by atoms with Gasteiger partial charge in [-0.1, -0.05) is 11.6 Å². The Hall–Kier alpha value is -1.33. The molecule has 1 aromatic rings. The van der Waals surface area contributed by atoms with Crippen LogP contribution < -0.4 is 5.73 Å². The third-order valence-electron chi connectivity index (χ3n) is 1.54. The summed E-state index contributed by atoms with van der Waals surface area (Å²) < 4.78 is 0. The highest BCUT2D eigenvalue weighted by Gasteiger charge is 2.09. The fourth-order valence-corrected chi connectivity index (χ4v) is 1.10. The SMILES string of the molecule is NC(CCl)=Nc1cc([N+](=O)[O-])ccc1Cl. The first-order valence-electron chi connectivity index (χ1n) is 3.87. The lowest BCUT2D eigenvalue weighted by atomic mass is 10.3. The molecule has 0 aliphatic carbocycles. The van der Waals surface area contributed by atoms with Crippen LogP contribution in [0, 0.1) is 10.1 Å². The van der Waals surface area contributed by atoms with Gasteiger partial charge in [-0.2, -0.15) is 0 Å². The number of aliphatic imine (C=N–C) groups is 1. The summed E-state index contributed by atoms with van der Waals surface area (Å²) in [7, 11) is 0. The zero-order valence-electron chi connectivity index (χ0n) is 7.48. The highest BCUT2D eigenvalue weighted by Crippen LogP contribution is 2.29. The van der Waals surface area contributed by atoms with Crippen molar-refractivity contribution in [3.8, 4) is 0 Å². The summed E-state index contributed by atoms with van der Waals surface area (Å²) in [6.45, 7) is 0. The van der Waals surface area contributed by atoms with Crippen molar-refractivity contribution in [2.24, 2.45) is 10.7 Å². The van der Waals surface area contributed by atoms with Crippen molar-refractivity contribution in [2.45, 2.75) is 0 Å². The standard InChI is InChI=1S/C8H7Cl2N3O2/c9-4-8(11)12-7-3-5(13(14)15)1-2-6(7)10/h1-3H,4H2,(H2,11,12). The molecular formula is C8H7Cl2N3O2. The molecule has 80 valence electrons. The molecule has 5 nitrogen and oxygen atoms in total. The van der Waals surface area contributed by atoms with Crippen molar-refractivity contribution in [2.75, 3.05) is 5.88 Å². The molecule has 0 radical (unpaired) electrons. The first-order valence-corrected chi connectivity index (χ1v) is 4.78. The normalized spacial score (nSPS) is 11.5. The van der Waals surface area contributed by atoms with Crippen molar-refractivity contribution in [3.63, 3.8) is 0 Å². The van der Waals surface area contributed by atoms with E-state index in [1.54, 1.807) is 0 Å². The summed E-state index contributed by atoms with van der Waals surface area (Å²) in [5, 5.41) is 10.8. The molecule has 1 aromatic carbocycles. The summed E-state index contributed by atoms with van der Waals surface area (Å²) in [5.74, 6) is 0.193. The Bertz CT molecular complexity index is 420. The van der Waals surface area contributed by atoms with Crippen LogP contribution in [0.4, 0.5) is 11.4 Å². The third kappa shape index (κ3) is 3.07. The second-order valence-corrected chi connectivity index (χ2v) is 3.30. The zero-order valence-corrected chi connectivity index (χ0v) is 9.00. The minimum Gasteiger partial charge on any atom is -0.386 e. The Morgan fingerprint density at radius 1 is 1.60 bits per heavy atom. The van der Waals surface area contributed by atoms with Gasteiger partial charge in [0.1, 0.15) is 5.84 Å². The van der Waals surface area contributed by atoms with Gasteiger partial charge in [0.05, 0.1) is 21.5 Å². The van der Waals surface area contributed by atoms with Crippen LogP contribution in [0.1, 0.15) is 0 Å². The third-order valence-corrected chi connectivity index (χ3v) is 2.13. The number of rotatable bonds is 3. The van der Waals surface area contributed by atoms with E-state index in [2.05, 4.69) is 4.99 Å². The molecule has 15 heavy (non-hydrogen) atoms. The average molecular weight is 248 g/mol. The van der Waals surface area contributed by atoms with Gasteiger partial charge in [-0.3, -0.25) is 10.1 Å². The molecule has 0 fully saturated rings. The number of nitro benzene ring substituents is 1. The fourth-order valence-electron chi connectivity index (χ4n) is 0.885. The van der Waals surface area contributed by atoms with Crippen LogP contribution in [0.15, 0.2) is 23.2 Å². The van der Waals surface area contributed by atoms with E-state index >= 15 is 0 Å². The molecule has 0 aromatic heterocycles. The summed E-state index contributed by atoms with van der Waals surface area (Å²) in [6.07, 6.45) is 0. The number of nitrogens with two attached hydrogens (primary N) is 1. The van der Waals surface area contributed by atoms with E-state index < -0.39 is 4.92 Å². The smallest absolute Gasteiger partial charge is 0.271 e. The summed E-state index contributed by atoms with van der Waals surface area (Å²) >= 11 is 11.2. The number of nitro groups is 1. The molecule has 0 spiro atoms. The molecule has 0 saturated carbocycles. The van der Waals surface area contributed by atoms with Crippen LogP contribution in [-0.4, -0.2) is 16.6 Å². The number of amidine groups is 1. The molecule has 0 bridgehead atoms. The van der Waals surface area contributed by atoms with Crippen LogP contribution in [0.25, 0.3) is 0 Å². The number of non-ortho nitro benzene ring substituents is 1. The number of halogens is 2. The van der Waals surface area contributed by atoms with Crippen LogP contribution in [0.2, 0.25) is 5.02 Å². The number of alkyl halides is 1. The Balaban J connectivity index is 3.17.